The van der Waals surface area contributed by atoms with E-state index in [-0.39, 0.29) is 5.41 Å². The number of fused-ring (bicyclic) bond motifs is 1. The lowest BCUT2D eigenvalue weighted by molar-refractivity contribution is 0.414. The summed E-state index contributed by atoms with van der Waals surface area (Å²) in [6.07, 6.45) is 7.48. The van der Waals surface area contributed by atoms with Crippen molar-refractivity contribution < 1.29 is 9.47 Å². The van der Waals surface area contributed by atoms with Gasteiger partial charge in [0, 0.05) is 38.8 Å². The zero-order chi connectivity index (χ0) is 38.2. The Morgan fingerprint density at radius 2 is 1.14 bits per heavy atom. The van der Waals surface area contributed by atoms with Crippen LogP contribution in [0.5, 0.6) is 11.5 Å². The van der Waals surface area contributed by atoms with Crippen molar-refractivity contribution in [2.24, 2.45) is 5.41 Å². The third-order valence-electron chi connectivity index (χ3n) is 11.6. The van der Waals surface area contributed by atoms with E-state index in [4.69, 9.17) is 19.4 Å². The van der Waals surface area contributed by atoms with Gasteiger partial charge in [-0.25, -0.2) is 9.97 Å². The zero-order valence-electron chi connectivity index (χ0n) is 32.4. The molecule has 0 radical (unpaired) electrons. The average Bonchev–Trinajstić information content (AvgIpc) is 3.54. The molecule has 6 nitrogen and oxygen atoms in total. The van der Waals surface area contributed by atoms with E-state index >= 15 is 0 Å². The summed E-state index contributed by atoms with van der Waals surface area (Å²) in [5, 5.41) is 0. The second-order valence-corrected chi connectivity index (χ2v) is 15.0. The Hall–Kier alpha value is -6.40. The molecule has 0 bridgehead atoms. The zero-order valence-corrected chi connectivity index (χ0v) is 32.4. The van der Waals surface area contributed by atoms with E-state index in [0.717, 1.165) is 106 Å². The molecule has 278 valence electrons. The van der Waals surface area contributed by atoms with Gasteiger partial charge in [0.15, 0.2) is 0 Å². The van der Waals surface area contributed by atoms with Crippen molar-refractivity contribution in [2.45, 2.75) is 46.0 Å². The molecule has 5 aromatic carbocycles. The summed E-state index contributed by atoms with van der Waals surface area (Å²) in [7, 11) is 3.39. The fourth-order valence-corrected chi connectivity index (χ4v) is 8.47. The molecular formula is C50H46N4O2. The molecule has 6 heteroatoms. The summed E-state index contributed by atoms with van der Waals surface area (Å²) in [5.41, 5.74) is 16.4. The first-order valence-corrected chi connectivity index (χ1v) is 19.6. The number of methoxy groups -OCH3 is 2. The van der Waals surface area contributed by atoms with Crippen LogP contribution in [0, 0.1) is 5.41 Å². The first-order chi connectivity index (χ1) is 27.5. The molecule has 2 heterocycles. The van der Waals surface area contributed by atoms with Crippen molar-refractivity contribution in [1.29, 1.82) is 0 Å². The van der Waals surface area contributed by atoms with Crippen LogP contribution in [0.15, 0.2) is 145 Å². The van der Waals surface area contributed by atoms with Crippen LogP contribution in [0.4, 0.5) is 0 Å². The Morgan fingerprint density at radius 3 is 1.75 bits per heavy atom. The summed E-state index contributed by atoms with van der Waals surface area (Å²) in [6, 6.07) is 44.4. The normalized spacial score (nSPS) is 16.0. The van der Waals surface area contributed by atoms with Crippen molar-refractivity contribution in [2.75, 3.05) is 14.2 Å². The lowest BCUT2D eigenvalue weighted by Crippen LogP contribution is -2.12. The van der Waals surface area contributed by atoms with Gasteiger partial charge >= 0.3 is 0 Å². The highest BCUT2D eigenvalue weighted by atomic mass is 16.5. The largest absolute Gasteiger partial charge is 0.497 e. The minimum atomic E-state index is 0.141. The number of rotatable bonds is 12. The topological polar surface area (TPSA) is 75.8 Å². The maximum atomic E-state index is 5.47. The minimum absolute atomic E-state index is 0.141. The predicted molar refractivity (Wildman–Crippen MR) is 228 cm³/mol. The molecule has 1 saturated carbocycles. The molecule has 0 amide bonds. The number of ether oxygens (including phenoxy) is 2. The summed E-state index contributed by atoms with van der Waals surface area (Å²) in [4.78, 5) is 18.1. The Labute approximate surface area is 329 Å². The van der Waals surface area contributed by atoms with Crippen LogP contribution in [0.25, 0.3) is 62.0 Å². The first kappa shape index (κ1) is 35.3. The number of aromatic nitrogens is 4. The van der Waals surface area contributed by atoms with Crippen LogP contribution >= 0.6 is 0 Å². The standard InChI is InChI=1S/C50H46N4O2/c1-5-33-18-17-32(27-42(33)48-53-46(37-19-23-40(55-3)24-20-37)47(54-48)38-21-25-41(56-4)26-22-38)29-50-30-34(6-2)43(28-39(50)31-50)49-51-44(35-13-9-7-10-14-35)45(52-49)36-15-11-8-12-16-36/h7-28H,5-6,29-31H2,1-4H3,(H,51,52)(H,53,54). The van der Waals surface area contributed by atoms with Crippen molar-refractivity contribution in [3.05, 3.63) is 162 Å². The maximum Gasteiger partial charge on any atom is 0.138 e. The predicted octanol–water partition coefficient (Wildman–Crippen LogP) is 12.2. The summed E-state index contributed by atoms with van der Waals surface area (Å²) >= 11 is 0. The molecule has 1 fully saturated rings. The number of benzene rings is 5. The third-order valence-corrected chi connectivity index (χ3v) is 11.6. The average molecular weight is 735 g/mol. The molecule has 1 atom stereocenters. The van der Waals surface area contributed by atoms with E-state index in [1.807, 2.05) is 24.3 Å². The monoisotopic (exact) mass is 734 g/mol. The van der Waals surface area contributed by atoms with Crippen molar-refractivity contribution in [3.8, 4) is 67.9 Å². The molecule has 1 unspecified atom stereocenters. The quantitative estimate of drug-likeness (QED) is 0.131. The van der Waals surface area contributed by atoms with E-state index in [0.29, 0.717) is 0 Å². The second kappa shape index (κ2) is 14.7. The summed E-state index contributed by atoms with van der Waals surface area (Å²) in [6.45, 7) is 4.51. The van der Waals surface area contributed by atoms with Crippen molar-refractivity contribution in [3.63, 3.8) is 0 Å². The summed E-state index contributed by atoms with van der Waals surface area (Å²) in [5.74, 6) is 3.48. The van der Waals surface area contributed by atoms with E-state index in [1.54, 1.807) is 14.2 Å². The molecular weight excluding hydrogens is 689 g/mol. The van der Waals surface area contributed by atoms with Gasteiger partial charge in [-0.2, -0.15) is 0 Å². The number of hydrogen-bond donors (Lipinski definition) is 2. The lowest BCUT2D eigenvalue weighted by Gasteiger charge is -2.23. The smallest absolute Gasteiger partial charge is 0.138 e. The number of nitrogens with zero attached hydrogens (tertiary/aromatic N) is 2. The van der Waals surface area contributed by atoms with Gasteiger partial charge in [-0.15, -0.1) is 0 Å². The minimum Gasteiger partial charge on any atom is -0.497 e. The Bertz CT molecular complexity index is 2460. The maximum absolute atomic E-state index is 5.47. The van der Waals surface area contributed by atoms with Crippen LogP contribution in [0.1, 0.15) is 50.1 Å². The van der Waals surface area contributed by atoms with E-state index < -0.39 is 0 Å². The van der Waals surface area contributed by atoms with Gasteiger partial charge in [-0.1, -0.05) is 104 Å². The molecule has 0 spiro atoms. The second-order valence-electron chi connectivity index (χ2n) is 15.0. The number of hydrogen-bond acceptors (Lipinski definition) is 4. The highest BCUT2D eigenvalue weighted by molar-refractivity contribution is 5.85. The lowest BCUT2D eigenvalue weighted by atomic mass is 9.82. The number of allylic oxidation sites excluding steroid dienone is 4. The molecule has 2 aliphatic rings. The first-order valence-electron chi connectivity index (χ1n) is 19.6. The van der Waals surface area contributed by atoms with Crippen molar-refractivity contribution >= 4 is 5.57 Å². The van der Waals surface area contributed by atoms with E-state index in [1.165, 1.54) is 27.8 Å². The van der Waals surface area contributed by atoms with Crippen LogP contribution in [0.3, 0.4) is 0 Å². The number of nitrogens with one attached hydrogen (secondary N) is 2. The van der Waals surface area contributed by atoms with E-state index in [2.05, 4.69) is 133 Å². The Morgan fingerprint density at radius 1 is 0.589 bits per heavy atom. The van der Waals surface area contributed by atoms with E-state index in [9.17, 15) is 0 Å². The molecule has 56 heavy (non-hydrogen) atoms. The van der Waals surface area contributed by atoms with Gasteiger partial charge in [-0.05, 0) is 97.8 Å². The van der Waals surface area contributed by atoms with Crippen LogP contribution in [-0.2, 0) is 12.8 Å². The van der Waals surface area contributed by atoms with Gasteiger partial charge in [0.2, 0.25) is 0 Å². The van der Waals surface area contributed by atoms with Gasteiger partial charge < -0.3 is 19.4 Å². The SMILES string of the molecule is CCC1=C(c2nc(-c3ccccc3)c(-c3ccccc3)[nH]2)C=C2CC2(Cc2ccc(CC)c(-c3nc(-c4ccc(OC)cc4)c(-c4ccc(OC)cc4)[nH]3)c2)C1. The Kier molecular flexibility index (Phi) is 9.26. The van der Waals surface area contributed by atoms with Crippen LogP contribution < -0.4 is 9.47 Å². The molecule has 0 aliphatic heterocycles. The molecule has 9 rings (SSSR count). The number of H-pyrrole nitrogens is 2. The highest BCUT2D eigenvalue weighted by Gasteiger charge is 2.51. The highest BCUT2D eigenvalue weighted by Crippen LogP contribution is 2.62. The van der Waals surface area contributed by atoms with Crippen LogP contribution in [-0.4, -0.2) is 34.2 Å². The number of imidazole rings is 2. The van der Waals surface area contributed by atoms with Gasteiger partial charge in [0.1, 0.15) is 23.1 Å². The van der Waals surface area contributed by atoms with Crippen molar-refractivity contribution in [1.82, 2.24) is 19.9 Å². The molecule has 2 aromatic heterocycles. The number of aryl methyl sites for hydroxylation is 1. The van der Waals surface area contributed by atoms with Gasteiger partial charge in [0.05, 0.1) is 37.0 Å². The molecule has 0 saturated heterocycles. The van der Waals surface area contributed by atoms with Gasteiger partial charge in [-0.3, -0.25) is 0 Å². The molecule has 2 N–H and O–H groups in total. The van der Waals surface area contributed by atoms with Gasteiger partial charge in [0.25, 0.3) is 0 Å². The fraction of sp³-hybridized carbons (Fsp3) is 0.200. The number of aromatic amines is 2. The van der Waals surface area contributed by atoms with Crippen LogP contribution in [0.2, 0.25) is 0 Å². The Balaban J connectivity index is 1.05. The molecule has 2 aliphatic carbocycles. The fourth-order valence-electron chi connectivity index (χ4n) is 8.47. The molecule has 7 aromatic rings. The summed E-state index contributed by atoms with van der Waals surface area (Å²) < 4.78 is 10.9. The third kappa shape index (κ3) is 6.55.